The van der Waals surface area contributed by atoms with Gasteiger partial charge in [0.05, 0.1) is 5.69 Å². The van der Waals surface area contributed by atoms with Crippen molar-refractivity contribution in [3.63, 3.8) is 0 Å². The topological polar surface area (TPSA) is 34.9 Å². The number of aldehydes is 1. The van der Waals surface area contributed by atoms with Crippen LogP contribution in [0, 0.1) is 0 Å². The second-order valence-electron chi connectivity index (χ2n) is 4.67. The predicted octanol–water partition coefficient (Wildman–Crippen LogP) is 2.63. The lowest BCUT2D eigenvalue weighted by Crippen LogP contribution is -2.12. The normalized spacial score (nSPS) is 14.2. The highest BCUT2D eigenvalue weighted by molar-refractivity contribution is 5.60. The highest BCUT2D eigenvalue weighted by Gasteiger charge is 2.20. The highest BCUT2D eigenvalue weighted by atomic mass is 16.1. The first-order valence-electron chi connectivity index (χ1n) is 6.47. The van der Waals surface area contributed by atoms with Crippen molar-refractivity contribution in [1.29, 1.82) is 0 Å². The zero-order valence-electron chi connectivity index (χ0n) is 10.3. The first-order chi connectivity index (χ1) is 8.90. The molecule has 3 rings (SSSR count). The van der Waals surface area contributed by atoms with E-state index in [-0.39, 0.29) is 0 Å². The van der Waals surface area contributed by atoms with Gasteiger partial charge in [-0.15, -0.1) is 0 Å². The van der Waals surface area contributed by atoms with Crippen LogP contribution in [0.15, 0.2) is 30.3 Å². The van der Waals surface area contributed by atoms with E-state index in [2.05, 4.69) is 21.7 Å². The van der Waals surface area contributed by atoms with Crippen molar-refractivity contribution >= 4 is 6.29 Å². The van der Waals surface area contributed by atoms with Gasteiger partial charge in [0.25, 0.3) is 0 Å². The van der Waals surface area contributed by atoms with Gasteiger partial charge in [-0.2, -0.15) is 0 Å². The van der Waals surface area contributed by atoms with Crippen LogP contribution in [0.1, 0.15) is 24.2 Å². The smallest absolute Gasteiger partial charge is 0.140 e. The van der Waals surface area contributed by atoms with Crippen molar-refractivity contribution in [2.45, 2.75) is 32.2 Å². The van der Waals surface area contributed by atoms with Crippen molar-refractivity contribution in [1.82, 2.24) is 9.55 Å². The molecule has 0 atom stereocenters. The minimum Gasteiger partial charge on any atom is -0.328 e. The number of imidazole rings is 1. The molecule has 92 valence electrons. The van der Waals surface area contributed by atoms with Crippen LogP contribution in [0.2, 0.25) is 0 Å². The summed E-state index contributed by atoms with van der Waals surface area (Å²) in [7, 11) is 0. The van der Waals surface area contributed by atoms with E-state index >= 15 is 0 Å². The Morgan fingerprint density at radius 1 is 1.22 bits per heavy atom. The molecule has 3 nitrogen and oxygen atoms in total. The van der Waals surface area contributed by atoms with Crippen LogP contribution >= 0.6 is 0 Å². The summed E-state index contributed by atoms with van der Waals surface area (Å²) in [6.45, 7) is 1.02. The van der Waals surface area contributed by atoms with Crippen LogP contribution in [0.25, 0.3) is 11.4 Å². The molecule has 0 N–H and O–H groups in total. The Kier molecular flexibility index (Phi) is 2.97. The Labute approximate surface area is 106 Å². The molecule has 2 aromatic rings. The number of carbonyl (C=O) groups is 1. The van der Waals surface area contributed by atoms with Gasteiger partial charge in [-0.25, -0.2) is 4.98 Å². The second kappa shape index (κ2) is 4.77. The number of hydrogen-bond donors (Lipinski definition) is 0. The second-order valence-corrected chi connectivity index (χ2v) is 4.67. The first-order valence-corrected chi connectivity index (χ1v) is 6.47. The van der Waals surface area contributed by atoms with E-state index in [1.54, 1.807) is 0 Å². The number of aromatic nitrogens is 2. The first kappa shape index (κ1) is 11.2. The van der Waals surface area contributed by atoms with Crippen molar-refractivity contribution in [3.8, 4) is 11.4 Å². The van der Waals surface area contributed by atoms with Gasteiger partial charge in [0.15, 0.2) is 0 Å². The molecule has 0 unspecified atom stereocenters. The molecule has 3 heteroatoms. The van der Waals surface area contributed by atoms with E-state index in [0.29, 0.717) is 6.42 Å². The molecule has 18 heavy (non-hydrogen) atoms. The number of nitrogens with zero attached hydrogens (tertiary/aromatic N) is 2. The highest BCUT2D eigenvalue weighted by Crippen LogP contribution is 2.27. The zero-order chi connectivity index (χ0) is 12.4. The maximum Gasteiger partial charge on any atom is 0.140 e. The quantitative estimate of drug-likeness (QED) is 0.773. The molecular weight excluding hydrogens is 224 g/mol. The largest absolute Gasteiger partial charge is 0.328 e. The van der Waals surface area contributed by atoms with Crippen LogP contribution < -0.4 is 0 Å². The van der Waals surface area contributed by atoms with Gasteiger partial charge < -0.3 is 9.36 Å². The maximum atomic E-state index is 10.8. The van der Waals surface area contributed by atoms with Crippen molar-refractivity contribution in [2.75, 3.05) is 0 Å². The van der Waals surface area contributed by atoms with Gasteiger partial charge in [-0.3, -0.25) is 0 Å². The number of benzene rings is 1. The fourth-order valence-electron chi connectivity index (χ4n) is 2.67. The van der Waals surface area contributed by atoms with E-state index in [9.17, 15) is 4.79 Å². The molecule has 0 saturated heterocycles. The molecule has 1 aromatic heterocycles. The Morgan fingerprint density at radius 2 is 2.06 bits per heavy atom. The molecule has 0 spiro atoms. The Hall–Kier alpha value is -1.90. The van der Waals surface area contributed by atoms with Crippen LogP contribution in [0.5, 0.6) is 0 Å². The Balaban J connectivity index is 2.12. The van der Waals surface area contributed by atoms with Gasteiger partial charge in [-0.1, -0.05) is 30.3 Å². The van der Waals surface area contributed by atoms with Gasteiger partial charge in [0.1, 0.15) is 12.1 Å². The standard InChI is InChI=1S/C15H16N2O/c18-11-9-13-14-8-4-5-10-17(14)15(16-13)12-6-2-1-3-7-12/h1-3,6-7,11H,4-5,8-10H2. The summed E-state index contributed by atoms with van der Waals surface area (Å²) >= 11 is 0. The zero-order valence-corrected chi connectivity index (χ0v) is 10.3. The Bertz CT molecular complexity index is 557. The third kappa shape index (κ3) is 1.86. The lowest BCUT2D eigenvalue weighted by molar-refractivity contribution is -0.107. The molecule has 0 radical (unpaired) electrons. The summed E-state index contributed by atoms with van der Waals surface area (Å²) in [5.41, 5.74) is 3.36. The molecule has 0 aliphatic carbocycles. The molecule has 0 bridgehead atoms. The van der Waals surface area contributed by atoms with Crippen LogP contribution in [0.4, 0.5) is 0 Å². The fourth-order valence-corrected chi connectivity index (χ4v) is 2.67. The van der Waals surface area contributed by atoms with Crippen molar-refractivity contribution in [2.24, 2.45) is 0 Å². The summed E-state index contributed by atoms with van der Waals surface area (Å²) in [5, 5.41) is 0. The van der Waals surface area contributed by atoms with Crippen LogP contribution in [-0.2, 0) is 24.2 Å². The minimum absolute atomic E-state index is 0.433. The fraction of sp³-hybridized carbons (Fsp3) is 0.333. The predicted molar refractivity (Wildman–Crippen MR) is 70.4 cm³/mol. The van der Waals surface area contributed by atoms with E-state index in [1.807, 2.05) is 18.2 Å². The van der Waals surface area contributed by atoms with Crippen molar-refractivity contribution in [3.05, 3.63) is 41.7 Å². The average molecular weight is 240 g/mol. The summed E-state index contributed by atoms with van der Waals surface area (Å²) < 4.78 is 2.29. The summed E-state index contributed by atoms with van der Waals surface area (Å²) in [6.07, 6.45) is 4.83. The monoisotopic (exact) mass is 240 g/mol. The molecule has 0 fully saturated rings. The lowest BCUT2D eigenvalue weighted by atomic mass is 10.1. The molecule has 1 aliphatic heterocycles. The van der Waals surface area contributed by atoms with Gasteiger partial charge in [0, 0.05) is 24.2 Å². The van der Waals surface area contributed by atoms with E-state index in [1.165, 1.54) is 18.5 Å². The van der Waals surface area contributed by atoms with Gasteiger partial charge in [0.2, 0.25) is 0 Å². The van der Waals surface area contributed by atoms with E-state index < -0.39 is 0 Å². The van der Waals surface area contributed by atoms with Gasteiger partial charge >= 0.3 is 0 Å². The third-order valence-corrected chi connectivity index (χ3v) is 3.51. The van der Waals surface area contributed by atoms with Crippen LogP contribution in [-0.4, -0.2) is 15.8 Å². The molecule has 0 amide bonds. The summed E-state index contributed by atoms with van der Waals surface area (Å²) in [5.74, 6) is 1.02. The lowest BCUT2D eigenvalue weighted by Gasteiger charge is -2.17. The minimum atomic E-state index is 0.433. The molecule has 1 aliphatic rings. The number of carbonyl (C=O) groups excluding carboxylic acids is 1. The maximum absolute atomic E-state index is 10.8. The Morgan fingerprint density at radius 3 is 2.83 bits per heavy atom. The number of rotatable bonds is 3. The van der Waals surface area contributed by atoms with Crippen molar-refractivity contribution < 1.29 is 4.79 Å². The van der Waals surface area contributed by atoms with E-state index in [4.69, 9.17) is 0 Å². The molecule has 0 saturated carbocycles. The summed E-state index contributed by atoms with van der Waals surface area (Å²) in [4.78, 5) is 15.4. The van der Waals surface area contributed by atoms with Crippen LogP contribution in [0.3, 0.4) is 0 Å². The number of fused-ring (bicyclic) bond motifs is 1. The van der Waals surface area contributed by atoms with Gasteiger partial charge in [-0.05, 0) is 19.3 Å². The molecule has 1 aromatic carbocycles. The SMILES string of the molecule is O=CCc1nc(-c2ccccc2)n2c1CCCC2. The molecular formula is C15H16N2O. The van der Waals surface area contributed by atoms with E-state index in [0.717, 1.165) is 36.3 Å². The summed E-state index contributed by atoms with van der Waals surface area (Å²) in [6, 6.07) is 10.2. The number of hydrogen-bond acceptors (Lipinski definition) is 2. The third-order valence-electron chi connectivity index (χ3n) is 3.51. The molecule has 2 heterocycles. The average Bonchev–Trinajstić information content (AvgIpc) is 2.80.